The molecule has 0 aliphatic heterocycles. The van der Waals surface area contributed by atoms with E-state index in [-0.39, 0.29) is 11.1 Å². The number of nitrogen functional groups attached to an aromatic ring is 1. The van der Waals surface area contributed by atoms with E-state index in [4.69, 9.17) is 22.1 Å². The minimum atomic E-state index is -0.474. The summed E-state index contributed by atoms with van der Waals surface area (Å²) in [6.45, 7) is 2.51. The molecule has 2 N–H and O–H groups in total. The number of benzene rings is 1. The minimum Gasteiger partial charge on any atom is -0.383 e. The van der Waals surface area contributed by atoms with Crippen LogP contribution in [0.5, 0.6) is 0 Å². The van der Waals surface area contributed by atoms with Gasteiger partial charge in [0.15, 0.2) is 0 Å². The monoisotopic (exact) mass is 271 g/mol. The zero-order valence-electron chi connectivity index (χ0n) is 10.3. The number of nitrogens with two attached hydrogens (primary N) is 1. The molecule has 4 nitrogen and oxygen atoms in total. The van der Waals surface area contributed by atoms with Gasteiger partial charge in [0, 0.05) is 13.2 Å². The summed E-state index contributed by atoms with van der Waals surface area (Å²) >= 11 is 5.73. The maximum Gasteiger partial charge on any atom is 0.201 e. The van der Waals surface area contributed by atoms with Crippen LogP contribution in [0.25, 0.3) is 11.0 Å². The first kappa shape index (κ1) is 13.1. The van der Waals surface area contributed by atoms with Crippen molar-refractivity contribution >= 4 is 28.6 Å². The highest BCUT2D eigenvalue weighted by Crippen LogP contribution is 2.28. The molecule has 18 heavy (non-hydrogen) atoms. The van der Waals surface area contributed by atoms with Crippen molar-refractivity contribution in [3.05, 3.63) is 23.0 Å². The minimum absolute atomic E-state index is 0.0283. The van der Waals surface area contributed by atoms with Crippen molar-refractivity contribution in [3.63, 3.8) is 0 Å². The van der Waals surface area contributed by atoms with E-state index in [2.05, 4.69) is 4.98 Å². The van der Waals surface area contributed by atoms with Gasteiger partial charge in [-0.3, -0.25) is 0 Å². The summed E-state index contributed by atoms with van der Waals surface area (Å²) in [7, 11) is 1.62. The van der Waals surface area contributed by atoms with Gasteiger partial charge in [-0.25, -0.2) is 9.37 Å². The highest BCUT2D eigenvalue weighted by Gasteiger charge is 2.18. The number of rotatable bonds is 4. The van der Waals surface area contributed by atoms with Gasteiger partial charge >= 0.3 is 0 Å². The van der Waals surface area contributed by atoms with Crippen LogP contribution in [0, 0.1) is 5.82 Å². The Morgan fingerprint density at radius 1 is 1.56 bits per heavy atom. The van der Waals surface area contributed by atoms with Gasteiger partial charge in [0.25, 0.3) is 0 Å². The Morgan fingerprint density at radius 2 is 2.28 bits per heavy atom. The molecule has 0 fully saturated rings. The Morgan fingerprint density at radius 3 is 2.89 bits per heavy atom. The van der Waals surface area contributed by atoms with E-state index in [9.17, 15) is 4.39 Å². The zero-order chi connectivity index (χ0) is 13.3. The highest BCUT2D eigenvalue weighted by atomic mass is 35.5. The average Bonchev–Trinajstić information content (AvgIpc) is 2.63. The molecule has 0 saturated heterocycles. The SMILES string of the molecule is CCC(COC)n1c(N)nc2cc(Cl)c(F)cc21. The van der Waals surface area contributed by atoms with Gasteiger partial charge in [0.1, 0.15) is 5.82 Å². The number of aromatic nitrogens is 2. The number of fused-ring (bicyclic) bond motifs is 1. The molecule has 2 rings (SSSR count). The molecule has 1 heterocycles. The van der Waals surface area contributed by atoms with Crippen molar-refractivity contribution < 1.29 is 9.13 Å². The number of anilines is 1. The van der Waals surface area contributed by atoms with Gasteiger partial charge in [0.05, 0.1) is 28.7 Å². The van der Waals surface area contributed by atoms with Crippen LogP contribution in [0.3, 0.4) is 0 Å². The lowest BCUT2D eigenvalue weighted by atomic mass is 10.2. The summed E-state index contributed by atoms with van der Waals surface area (Å²) < 4.78 is 20.5. The molecular formula is C12H15ClFN3O. The Kier molecular flexibility index (Phi) is 3.73. The molecule has 2 aromatic rings. The summed E-state index contributed by atoms with van der Waals surface area (Å²) in [5.41, 5.74) is 7.12. The van der Waals surface area contributed by atoms with Gasteiger partial charge in [-0.1, -0.05) is 18.5 Å². The number of hydrogen-bond acceptors (Lipinski definition) is 3. The van der Waals surface area contributed by atoms with Crippen LogP contribution < -0.4 is 5.73 Å². The second kappa shape index (κ2) is 5.12. The molecule has 98 valence electrons. The van der Waals surface area contributed by atoms with E-state index < -0.39 is 5.82 Å². The van der Waals surface area contributed by atoms with E-state index in [0.717, 1.165) is 6.42 Å². The average molecular weight is 272 g/mol. The number of nitrogens with zero attached hydrogens (tertiary/aromatic N) is 2. The first-order valence-electron chi connectivity index (χ1n) is 5.69. The topological polar surface area (TPSA) is 53.1 Å². The summed E-state index contributed by atoms with van der Waals surface area (Å²) in [5, 5.41) is 0.0481. The molecule has 1 aromatic heterocycles. The molecule has 0 spiro atoms. The number of ether oxygens (including phenoxy) is 1. The Labute approximate surface area is 109 Å². The van der Waals surface area contributed by atoms with Gasteiger partial charge in [-0.2, -0.15) is 0 Å². The van der Waals surface area contributed by atoms with Crippen LogP contribution in [0.4, 0.5) is 10.3 Å². The van der Waals surface area contributed by atoms with Crippen molar-refractivity contribution in [2.75, 3.05) is 19.5 Å². The van der Waals surface area contributed by atoms with E-state index in [1.807, 2.05) is 6.92 Å². The van der Waals surface area contributed by atoms with E-state index in [1.54, 1.807) is 11.7 Å². The van der Waals surface area contributed by atoms with Crippen LogP contribution >= 0.6 is 11.6 Å². The lowest BCUT2D eigenvalue weighted by molar-refractivity contribution is 0.155. The molecule has 0 bridgehead atoms. The van der Waals surface area contributed by atoms with Gasteiger partial charge in [-0.15, -0.1) is 0 Å². The fourth-order valence-electron chi connectivity index (χ4n) is 2.06. The van der Waals surface area contributed by atoms with Crippen LogP contribution in [-0.4, -0.2) is 23.3 Å². The van der Waals surface area contributed by atoms with Crippen LogP contribution in [0.15, 0.2) is 12.1 Å². The number of halogens is 2. The molecule has 0 radical (unpaired) electrons. The third-order valence-electron chi connectivity index (χ3n) is 2.95. The fourth-order valence-corrected chi connectivity index (χ4v) is 2.22. The molecule has 0 aliphatic carbocycles. The normalized spacial score (nSPS) is 13.1. The van der Waals surface area contributed by atoms with E-state index in [0.29, 0.717) is 23.6 Å². The van der Waals surface area contributed by atoms with Gasteiger partial charge in [-0.05, 0) is 12.5 Å². The molecular weight excluding hydrogens is 257 g/mol. The first-order chi connectivity index (χ1) is 8.58. The van der Waals surface area contributed by atoms with Crippen molar-refractivity contribution in [2.45, 2.75) is 19.4 Å². The van der Waals surface area contributed by atoms with Gasteiger partial charge in [0.2, 0.25) is 5.95 Å². The van der Waals surface area contributed by atoms with Crippen LogP contribution in [0.1, 0.15) is 19.4 Å². The molecule has 0 aliphatic rings. The third kappa shape index (κ3) is 2.15. The van der Waals surface area contributed by atoms with Crippen molar-refractivity contribution in [2.24, 2.45) is 0 Å². The molecule has 1 unspecified atom stereocenters. The highest BCUT2D eigenvalue weighted by molar-refractivity contribution is 6.31. The summed E-state index contributed by atoms with van der Waals surface area (Å²) in [5.74, 6) is -0.131. The Hall–Kier alpha value is -1.33. The predicted octanol–water partition coefficient (Wildman–Crippen LogP) is 3.01. The summed E-state index contributed by atoms with van der Waals surface area (Å²) in [4.78, 5) is 4.20. The predicted molar refractivity (Wildman–Crippen MR) is 70.3 cm³/mol. The van der Waals surface area contributed by atoms with Crippen LogP contribution in [-0.2, 0) is 4.74 Å². The third-order valence-corrected chi connectivity index (χ3v) is 3.24. The second-order valence-corrected chi connectivity index (χ2v) is 4.52. The molecule has 1 atom stereocenters. The quantitative estimate of drug-likeness (QED) is 0.930. The zero-order valence-corrected chi connectivity index (χ0v) is 11.0. The summed E-state index contributed by atoms with van der Waals surface area (Å²) in [6, 6.07) is 2.87. The standard InChI is InChI=1S/C12H15ClFN3O/c1-3-7(6-18-2)17-11-5-9(14)8(13)4-10(11)16-12(17)15/h4-5,7H,3,6H2,1-2H3,(H2,15,16). The van der Waals surface area contributed by atoms with Crippen molar-refractivity contribution in [1.82, 2.24) is 9.55 Å². The molecule has 6 heteroatoms. The van der Waals surface area contributed by atoms with Gasteiger partial charge < -0.3 is 15.0 Å². The van der Waals surface area contributed by atoms with Crippen molar-refractivity contribution in [1.29, 1.82) is 0 Å². The van der Waals surface area contributed by atoms with E-state index >= 15 is 0 Å². The maximum absolute atomic E-state index is 13.5. The first-order valence-corrected chi connectivity index (χ1v) is 6.07. The number of hydrogen-bond donors (Lipinski definition) is 1. The largest absolute Gasteiger partial charge is 0.383 e. The van der Waals surface area contributed by atoms with E-state index in [1.165, 1.54) is 12.1 Å². The Bertz CT molecular complexity index is 570. The van der Waals surface area contributed by atoms with Crippen LogP contribution in [0.2, 0.25) is 5.02 Å². The lowest BCUT2D eigenvalue weighted by Crippen LogP contribution is -2.16. The fraction of sp³-hybridized carbons (Fsp3) is 0.417. The summed E-state index contributed by atoms with van der Waals surface area (Å²) in [6.07, 6.45) is 0.813. The second-order valence-electron chi connectivity index (χ2n) is 4.11. The molecule has 1 aromatic carbocycles. The smallest absolute Gasteiger partial charge is 0.201 e. The molecule has 0 saturated carbocycles. The van der Waals surface area contributed by atoms with Crippen molar-refractivity contribution in [3.8, 4) is 0 Å². The Balaban J connectivity index is 2.62. The maximum atomic E-state index is 13.5. The number of methoxy groups -OCH3 is 1. The lowest BCUT2D eigenvalue weighted by Gasteiger charge is -2.18. The number of imidazole rings is 1. The molecule has 0 amide bonds.